The molecule has 5 nitrogen and oxygen atoms in total. The summed E-state index contributed by atoms with van der Waals surface area (Å²) in [5, 5.41) is 8.56. The summed E-state index contributed by atoms with van der Waals surface area (Å²) < 4.78 is 2.68. The van der Waals surface area contributed by atoms with Gasteiger partial charge in [-0.2, -0.15) is 5.10 Å². The van der Waals surface area contributed by atoms with E-state index in [1.807, 2.05) is 30.3 Å². The number of hydrogen-bond donors (Lipinski definition) is 0. The first-order valence-corrected chi connectivity index (χ1v) is 8.69. The van der Waals surface area contributed by atoms with E-state index in [0.29, 0.717) is 17.3 Å². The van der Waals surface area contributed by atoms with Crippen LogP contribution < -0.4 is 5.01 Å². The van der Waals surface area contributed by atoms with Gasteiger partial charge >= 0.3 is 0 Å². The van der Waals surface area contributed by atoms with Gasteiger partial charge in [0.25, 0.3) is 5.91 Å². The van der Waals surface area contributed by atoms with Crippen LogP contribution in [0.25, 0.3) is 5.52 Å². The number of hydrazine groups is 1. The van der Waals surface area contributed by atoms with Crippen LogP contribution in [-0.2, 0) is 6.42 Å². The second kappa shape index (κ2) is 5.79. The van der Waals surface area contributed by atoms with Crippen LogP contribution in [0.5, 0.6) is 0 Å². The number of pyridine rings is 1. The van der Waals surface area contributed by atoms with Crippen LogP contribution in [0.3, 0.4) is 0 Å². The molecule has 7 heteroatoms. The number of rotatable bonds is 1. The second-order valence-corrected chi connectivity index (χ2v) is 7.07. The molecule has 0 radical (unpaired) electrons. The van der Waals surface area contributed by atoms with Crippen LogP contribution in [0, 0.1) is 0 Å². The molecular weight excluding hydrogens is 392 g/mol. The Morgan fingerprint density at radius 3 is 2.92 bits per heavy atom. The summed E-state index contributed by atoms with van der Waals surface area (Å²) in [5.41, 5.74) is 3.50. The van der Waals surface area contributed by atoms with Crippen LogP contribution in [0.1, 0.15) is 16.1 Å². The van der Waals surface area contributed by atoms with Gasteiger partial charge in [-0.3, -0.25) is 9.80 Å². The Morgan fingerprint density at radius 1 is 1.25 bits per heavy atom. The molecule has 0 aliphatic carbocycles. The summed E-state index contributed by atoms with van der Waals surface area (Å²) >= 11 is 9.47. The van der Waals surface area contributed by atoms with E-state index >= 15 is 0 Å². The van der Waals surface area contributed by atoms with E-state index in [-0.39, 0.29) is 5.91 Å². The fourth-order valence-electron chi connectivity index (χ4n) is 3.01. The number of halogens is 2. The number of hydrogen-bond acceptors (Lipinski definition) is 3. The molecule has 4 rings (SSSR count). The van der Waals surface area contributed by atoms with E-state index in [4.69, 9.17) is 11.6 Å². The van der Waals surface area contributed by atoms with Gasteiger partial charge in [0.15, 0.2) is 5.69 Å². The van der Waals surface area contributed by atoms with Gasteiger partial charge in [-0.1, -0.05) is 27.5 Å². The summed E-state index contributed by atoms with van der Waals surface area (Å²) in [4.78, 5) is 12.9. The zero-order chi connectivity index (χ0) is 16.8. The third-order valence-electron chi connectivity index (χ3n) is 4.22. The highest BCUT2D eigenvalue weighted by Crippen LogP contribution is 2.30. The first-order chi connectivity index (χ1) is 11.5. The van der Waals surface area contributed by atoms with Crippen molar-refractivity contribution in [1.82, 2.24) is 14.6 Å². The minimum absolute atomic E-state index is 0.120. The van der Waals surface area contributed by atoms with Crippen LogP contribution in [0.15, 0.2) is 47.1 Å². The molecule has 122 valence electrons. The molecule has 0 atom stereocenters. The first-order valence-electron chi connectivity index (χ1n) is 7.52. The third kappa shape index (κ3) is 2.56. The lowest BCUT2D eigenvalue weighted by Crippen LogP contribution is -2.48. The summed E-state index contributed by atoms with van der Waals surface area (Å²) in [6, 6.07) is 11.5. The van der Waals surface area contributed by atoms with Crippen molar-refractivity contribution in [3.63, 3.8) is 0 Å². The van der Waals surface area contributed by atoms with Crippen molar-refractivity contribution in [2.24, 2.45) is 0 Å². The van der Waals surface area contributed by atoms with Crippen molar-refractivity contribution in [3.05, 3.63) is 63.3 Å². The SMILES string of the molecule is CN1c2ccc(Br)cc2CCN1C(=O)c1cc2ccc(Cl)cn2n1. The number of anilines is 1. The van der Waals surface area contributed by atoms with Crippen molar-refractivity contribution in [1.29, 1.82) is 0 Å². The van der Waals surface area contributed by atoms with Crippen molar-refractivity contribution >= 4 is 44.6 Å². The number of amides is 1. The second-order valence-electron chi connectivity index (χ2n) is 5.72. The Labute approximate surface area is 152 Å². The van der Waals surface area contributed by atoms with Gasteiger partial charge in [-0.05, 0) is 48.4 Å². The molecule has 2 aromatic heterocycles. The van der Waals surface area contributed by atoms with Crippen molar-refractivity contribution in [3.8, 4) is 0 Å². The predicted molar refractivity (Wildman–Crippen MR) is 97.5 cm³/mol. The monoisotopic (exact) mass is 404 g/mol. The lowest BCUT2D eigenvalue weighted by molar-refractivity contribution is 0.0732. The van der Waals surface area contributed by atoms with Crippen molar-refractivity contribution in [2.75, 3.05) is 18.6 Å². The minimum atomic E-state index is -0.120. The van der Waals surface area contributed by atoms with Gasteiger partial charge in [0, 0.05) is 24.3 Å². The quantitative estimate of drug-likeness (QED) is 0.618. The van der Waals surface area contributed by atoms with E-state index < -0.39 is 0 Å². The molecule has 0 spiro atoms. The van der Waals surface area contributed by atoms with Crippen LogP contribution in [0.2, 0.25) is 5.02 Å². The zero-order valence-corrected chi connectivity index (χ0v) is 15.3. The molecule has 0 saturated heterocycles. The van der Waals surface area contributed by atoms with Crippen LogP contribution >= 0.6 is 27.5 Å². The molecule has 1 aromatic carbocycles. The topological polar surface area (TPSA) is 40.9 Å². The molecule has 0 N–H and O–H groups in total. The third-order valence-corrected chi connectivity index (χ3v) is 4.94. The molecule has 0 bridgehead atoms. The highest BCUT2D eigenvalue weighted by Gasteiger charge is 2.28. The summed E-state index contributed by atoms with van der Waals surface area (Å²) in [6.45, 7) is 0.618. The number of aromatic nitrogens is 2. The smallest absolute Gasteiger partial charge is 0.285 e. The number of carbonyl (C=O) groups excluding carboxylic acids is 1. The maximum Gasteiger partial charge on any atom is 0.292 e. The van der Waals surface area contributed by atoms with Crippen LogP contribution in [-0.4, -0.2) is 34.1 Å². The molecular formula is C17H14BrClN4O. The fraction of sp³-hybridized carbons (Fsp3) is 0.176. The molecule has 0 fully saturated rings. The van der Waals surface area contributed by atoms with E-state index in [9.17, 15) is 4.79 Å². The number of carbonyl (C=O) groups is 1. The summed E-state index contributed by atoms with van der Waals surface area (Å²) in [6.07, 6.45) is 2.50. The highest BCUT2D eigenvalue weighted by atomic mass is 79.9. The molecule has 0 unspecified atom stereocenters. The molecule has 3 aromatic rings. The Hall–Kier alpha value is -2.05. The molecule has 24 heavy (non-hydrogen) atoms. The minimum Gasteiger partial charge on any atom is -0.285 e. The van der Waals surface area contributed by atoms with Gasteiger partial charge in [-0.15, -0.1) is 0 Å². The molecule has 3 heterocycles. The first kappa shape index (κ1) is 15.5. The lowest BCUT2D eigenvalue weighted by Gasteiger charge is -2.38. The van der Waals surface area contributed by atoms with Crippen molar-refractivity contribution < 1.29 is 4.79 Å². The van der Waals surface area contributed by atoms with E-state index in [0.717, 1.165) is 22.1 Å². The molecule has 0 saturated carbocycles. The van der Waals surface area contributed by atoms with Gasteiger partial charge < -0.3 is 0 Å². The molecule has 1 aliphatic rings. The fourth-order valence-corrected chi connectivity index (χ4v) is 3.58. The predicted octanol–water partition coefficient (Wildman–Crippen LogP) is 3.80. The summed E-state index contributed by atoms with van der Waals surface area (Å²) in [5.74, 6) is -0.120. The van der Waals surface area contributed by atoms with Crippen LogP contribution in [0.4, 0.5) is 5.69 Å². The largest absolute Gasteiger partial charge is 0.292 e. The summed E-state index contributed by atoms with van der Waals surface area (Å²) in [7, 11) is 1.90. The Balaban J connectivity index is 1.67. The Kier molecular flexibility index (Phi) is 3.73. The zero-order valence-electron chi connectivity index (χ0n) is 12.9. The van der Waals surface area contributed by atoms with Gasteiger partial charge in [0.2, 0.25) is 0 Å². The Bertz CT molecular complexity index is 955. The lowest BCUT2D eigenvalue weighted by atomic mass is 10.1. The van der Waals surface area contributed by atoms with E-state index in [1.165, 1.54) is 5.56 Å². The standard InChI is InChI=1S/C17H14BrClN4O/c1-21-16-5-2-12(18)8-11(16)6-7-23(21)17(24)15-9-14-4-3-13(19)10-22(14)20-15/h2-5,8-10H,6-7H2,1H3. The van der Waals surface area contributed by atoms with Crippen molar-refractivity contribution in [2.45, 2.75) is 6.42 Å². The van der Waals surface area contributed by atoms with E-state index in [1.54, 1.807) is 27.9 Å². The van der Waals surface area contributed by atoms with Gasteiger partial charge in [-0.25, -0.2) is 9.52 Å². The average molecular weight is 406 g/mol. The molecule has 1 amide bonds. The maximum atomic E-state index is 12.9. The molecule has 1 aliphatic heterocycles. The normalized spacial score (nSPS) is 14.1. The van der Waals surface area contributed by atoms with E-state index in [2.05, 4.69) is 27.1 Å². The highest BCUT2D eigenvalue weighted by molar-refractivity contribution is 9.10. The Morgan fingerprint density at radius 2 is 2.08 bits per heavy atom. The number of benzene rings is 1. The van der Waals surface area contributed by atoms with Gasteiger partial charge in [0.05, 0.1) is 16.2 Å². The number of fused-ring (bicyclic) bond motifs is 2. The average Bonchev–Trinajstić information content (AvgIpc) is 2.97. The maximum absolute atomic E-state index is 12.9. The number of nitrogens with zero attached hydrogens (tertiary/aromatic N) is 4. The van der Waals surface area contributed by atoms with Gasteiger partial charge in [0.1, 0.15) is 0 Å².